The first kappa shape index (κ1) is 12.6. The number of rotatable bonds is 4. The normalized spacial score (nSPS) is 48.6. The molecule has 0 radical (unpaired) electrons. The Morgan fingerprint density at radius 2 is 1.68 bits per heavy atom. The third-order valence-corrected chi connectivity index (χ3v) is 6.49. The lowest BCUT2D eigenvalue weighted by Crippen LogP contribution is -2.58. The highest BCUT2D eigenvalue weighted by Gasteiger charge is 2.50. The molecule has 108 valence electrons. The highest BCUT2D eigenvalue weighted by molar-refractivity contribution is 5.06. The zero-order valence-electron chi connectivity index (χ0n) is 12.3. The van der Waals surface area contributed by atoms with Crippen LogP contribution in [0.15, 0.2) is 0 Å². The van der Waals surface area contributed by atoms with Crippen molar-refractivity contribution in [2.45, 2.75) is 63.3 Å². The van der Waals surface area contributed by atoms with E-state index in [4.69, 9.17) is 0 Å². The van der Waals surface area contributed by atoms with Crippen molar-refractivity contribution in [3.8, 4) is 0 Å². The fraction of sp³-hybridized carbons (Fsp3) is 1.00. The van der Waals surface area contributed by atoms with Crippen molar-refractivity contribution in [3.05, 3.63) is 0 Å². The number of hydrogen-bond acceptors (Lipinski definition) is 2. The topological polar surface area (TPSA) is 24.1 Å². The molecule has 5 aliphatic rings. The van der Waals surface area contributed by atoms with Gasteiger partial charge in [0.15, 0.2) is 0 Å². The zero-order chi connectivity index (χ0) is 12.7. The predicted molar refractivity (Wildman–Crippen MR) is 79.1 cm³/mol. The summed E-state index contributed by atoms with van der Waals surface area (Å²) in [4.78, 5) is 0. The lowest BCUT2D eigenvalue weighted by Gasteiger charge is -2.57. The second-order valence-electron chi connectivity index (χ2n) is 8.13. The first-order valence-corrected chi connectivity index (χ1v) is 8.77. The number of hydrogen-bond donors (Lipinski definition) is 2. The molecule has 1 atom stereocenters. The van der Waals surface area contributed by atoms with Crippen molar-refractivity contribution in [1.82, 2.24) is 10.6 Å². The van der Waals surface area contributed by atoms with Gasteiger partial charge in [0, 0.05) is 5.54 Å². The van der Waals surface area contributed by atoms with E-state index in [0.29, 0.717) is 5.54 Å². The van der Waals surface area contributed by atoms with E-state index < -0.39 is 0 Å². The Hall–Kier alpha value is -0.0800. The summed E-state index contributed by atoms with van der Waals surface area (Å²) in [7, 11) is 0. The van der Waals surface area contributed by atoms with Gasteiger partial charge in [-0.3, -0.25) is 0 Å². The number of piperidine rings is 1. The minimum Gasteiger partial charge on any atom is -0.316 e. The fourth-order valence-electron chi connectivity index (χ4n) is 6.04. The molecule has 2 N–H and O–H groups in total. The molecule has 1 unspecified atom stereocenters. The summed E-state index contributed by atoms with van der Waals surface area (Å²) < 4.78 is 0. The fourth-order valence-corrected chi connectivity index (χ4v) is 6.04. The van der Waals surface area contributed by atoms with Gasteiger partial charge in [-0.25, -0.2) is 0 Å². The zero-order valence-corrected chi connectivity index (χ0v) is 12.3. The monoisotopic (exact) mass is 262 g/mol. The molecule has 0 spiro atoms. The van der Waals surface area contributed by atoms with Crippen molar-refractivity contribution in [1.29, 1.82) is 0 Å². The lowest BCUT2D eigenvalue weighted by atomic mass is 9.53. The van der Waals surface area contributed by atoms with Gasteiger partial charge < -0.3 is 10.6 Å². The molecule has 0 aromatic rings. The van der Waals surface area contributed by atoms with Crippen LogP contribution in [-0.2, 0) is 0 Å². The summed E-state index contributed by atoms with van der Waals surface area (Å²) in [6.07, 6.45) is 13.4. The predicted octanol–water partition coefficient (Wildman–Crippen LogP) is 2.93. The maximum atomic E-state index is 4.05. The van der Waals surface area contributed by atoms with E-state index in [-0.39, 0.29) is 0 Å². The quantitative estimate of drug-likeness (QED) is 0.814. The molecular formula is C17H30N2. The third kappa shape index (κ3) is 2.58. The Labute approximate surface area is 118 Å². The number of nitrogens with one attached hydrogen (secondary N) is 2. The molecule has 19 heavy (non-hydrogen) atoms. The van der Waals surface area contributed by atoms with E-state index in [0.717, 1.165) is 23.7 Å². The molecule has 2 nitrogen and oxygen atoms in total. The van der Waals surface area contributed by atoms with Crippen molar-refractivity contribution in [3.63, 3.8) is 0 Å². The molecule has 4 bridgehead atoms. The molecule has 1 heterocycles. The Morgan fingerprint density at radius 1 is 1.00 bits per heavy atom. The largest absolute Gasteiger partial charge is 0.316 e. The molecule has 5 rings (SSSR count). The highest BCUT2D eigenvalue weighted by atomic mass is 15.0. The van der Waals surface area contributed by atoms with E-state index in [1.807, 2.05) is 0 Å². The van der Waals surface area contributed by atoms with Crippen LogP contribution in [0.2, 0.25) is 0 Å². The average molecular weight is 262 g/mol. The molecule has 2 heteroatoms. The molecule has 5 fully saturated rings. The minimum absolute atomic E-state index is 0.580. The van der Waals surface area contributed by atoms with Gasteiger partial charge in [-0.2, -0.15) is 0 Å². The SMILES string of the molecule is C1CNCC(CCNC23CC4CC(CC(C4)C2)C3)C1. The summed E-state index contributed by atoms with van der Waals surface area (Å²) >= 11 is 0. The lowest BCUT2D eigenvalue weighted by molar-refractivity contribution is -0.0201. The Kier molecular flexibility index (Phi) is 3.35. The average Bonchev–Trinajstić information content (AvgIpc) is 2.38. The van der Waals surface area contributed by atoms with Crippen LogP contribution < -0.4 is 10.6 Å². The van der Waals surface area contributed by atoms with E-state index in [1.165, 1.54) is 58.2 Å². The van der Waals surface area contributed by atoms with Crippen LogP contribution in [0.4, 0.5) is 0 Å². The molecule has 1 saturated heterocycles. The molecular weight excluding hydrogens is 232 g/mol. The molecule has 0 amide bonds. The van der Waals surface area contributed by atoms with Crippen molar-refractivity contribution in [2.24, 2.45) is 23.7 Å². The van der Waals surface area contributed by atoms with Gasteiger partial charge in [-0.05, 0) is 101 Å². The van der Waals surface area contributed by atoms with Crippen LogP contribution in [0.5, 0.6) is 0 Å². The van der Waals surface area contributed by atoms with Gasteiger partial charge in [0.25, 0.3) is 0 Å². The van der Waals surface area contributed by atoms with Gasteiger partial charge in [-0.1, -0.05) is 0 Å². The second-order valence-corrected chi connectivity index (χ2v) is 8.13. The van der Waals surface area contributed by atoms with Gasteiger partial charge in [0.1, 0.15) is 0 Å². The highest BCUT2D eigenvalue weighted by Crippen LogP contribution is 2.55. The molecule has 4 aliphatic carbocycles. The van der Waals surface area contributed by atoms with E-state index >= 15 is 0 Å². The van der Waals surface area contributed by atoms with Gasteiger partial charge in [0.2, 0.25) is 0 Å². The Morgan fingerprint density at radius 3 is 2.26 bits per heavy atom. The van der Waals surface area contributed by atoms with Crippen LogP contribution in [0.3, 0.4) is 0 Å². The Bertz CT molecular complexity index is 284. The van der Waals surface area contributed by atoms with Gasteiger partial charge in [-0.15, -0.1) is 0 Å². The minimum atomic E-state index is 0.580. The third-order valence-electron chi connectivity index (χ3n) is 6.49. The van der Waals surface area contributed by atoms with E-state index in [9.17, 15) is 0 Å². The van der Waals surface area contributed by atoms with Gasteiger partial charge >= 0.3 is 0 Å². The maximum absolute atomic E-state index is 4.05. The summed E-state index contributed by atoms with van der Waals surface area (Å²) in [5.74, 6) is 4.18. The smallest absolute Gasteiger partial charge is 0.0189 e. The molecule has 1 aliphatic heterocycles. The summed E-state index contributed by atoms with van der Waals surface area (Å²) in [6.45, 7) is 3.79. The van der Waals surface area contributed by atoms with Crippen molar-refractivity contribution >= 4 is 0 Å². The molecule has 0 aromatic carbocycles. The van der Waals surface area contributed by atoms with E-state index in [2.05, 4.69) is 10.6 Å². The second kappa shape index (κ2) is 5.04. The van der Waals surface area contributed by atoms with Crippen LogP contribution in [0.1, 0.15) is 57.8 Å². The summed E-state index contributed by atoms with van der Waals surface area (Å²) in [5.41, 5.74) is 0.580. The van der Waals surface area contributed by atoms with Crippen LogP contribution >= 0.6 is 0 Å². The first-order chi connectivity index (χ1) is 9.31. The summed E-state index contributed by atoms with van der Waals surface area (Å²) in [6, 6.07) is 0. The van der Waals surface area contributed by atoms with Crippen molar-refractivity contribution in [2.75, 3.05) is 19.6 Å². The summed E-state index contributed by atoms with van der Waals surface area (Å²) in [5, 5.41) is 7.60. The maximum Gasteiger partial charge on any atom is 0.0189 e. The standard InChI is InChI=1S/C17H30N2/c1-2-13(12-18-4-1)3-5-19-17-9-14-6-15(10-17)8-16(7-14)11-17/h13-16,18-19H,1-12H2. The van der Waals surface area contributed by atoms with Crippen LogP contribution in [-0.4, -0.2) is 25.2 Å². The van der Waals surface area contributed by atoms with Gasteiger partial charge in [0.05, 0.1) is 0 Å². The van der Waals surface area contributed by atoms with E-state index in [1.54, 1.807) is 19.3 Å². The molecule has 4 saturated carbocycles. The van der Waals surface area contributed by atoms with Crippen LogP contribution in [0.25, 0.3) is 0 Å². The van der Waals surface area contributed by atoms with Crippen LogP contribution in [0, 0.1) is 23.7 Å². The first-order valence-electron chi connectivity index (χ1n) is 8.77. The Balaban J connectivity index is 1.30. The molecule has 0 aromatic heterocycles. The van der Waals surface area contributed by atoms with Crippen molar-refractivity contribution < 1.29 is 0 Å².